The smallest absolute Gasteiger partial charge is 0.271 e. The van der Waals surface area contributed by atoms with E-state index >= 15 is 0 Å². The Morgan fingerprint density at radius 1 is 1.50 bits per heavy atom. The molecule has 0 bridgehead atoms. The molecule has 0 unspecified atom stereocenters. The number of non-ortho nitro benzene ring substituents is 1. The number of H-pyrrole nitrogens is 1. The number of halogens is 1. The fourth-order valence-electron chi connectivity index (χ4n) is 1.68. The summed E-state index contributed by atoms with van der Waals surface area (Å²) in [4.78, 5) is 22.2. The highest BCUT2D eigenvalue weighted by atomic mass is 35.5. The maximum Gasteiger partial charge on any atom is 0.271 e. The van der Waals surface area contributed by atoms with Gasteiger partial charge >= 0.3 is 0 Å². The monoisotopic (exact) mass is 294 g/mol. The van der Waals surface area contributed by atoms with Crippen LogP contribution in [0.1, 0.15) is 22.8 Å². The number of aryl methyl sites for hydroxylation is 1. The predicted molar refractivity (Wildman–Crippen MR) is 74.0 cm³/mol. The maximum absolute atomic E-state index is 12.1. The molecule has 2 aromatic rings. The maximum atomic E-state index is 12.1. The Hall–Kier alpha value is -2.41. The first-order valence-electron chi connectivity index (χ1n) is 5.80. The number of carbonyl (C=O) groups is 1. The van der Waals surface area contributed by atoms with Gasteiger partial charge in [-0.05, 0) is 12.5 Å². The van der Waals surface area contributed by atoms with E-state index in [0.717, 1.165) is 5.56 Å². The fraction of sp³-hybridized carbons (Fsp3) is 0.167. The molecule has 0 aliphatic heterocycles. The summed E-state index contributed by atoms with van der Waals surface area (Å²) in [6.45, 7) is 1.92. The van der Waals surface area contributed by atoms with Gasteiger partial charge in [0.1, 0.15) is 5.82 Å². The predicted octanol–water partition coefficient (Wildman–Crippen LogP) is 2.79. The largest absolute Gasteiger partial charge is 0.307 e. The molecule has 1 aromatic carbocycles. The summed E-state index contributed by atoms with van der Waals surface area (Å²) in [5, 5.41) is 20.0. The van der Waals surface area contributed by atoms with Crippen molar-refractivity contribution in [3.8, 4) is 0 Å². The zero-order chi connectivity index (χ0) is 14.7. The first kappa shape index (κ1) is 14.0. The average molecular weight is 295 g/mol. The van der Waals surface area contributed by atoms with Gasteiger partial charge in [0.05, 0.1) is 11.1 Å². The quantitative estimate of drug-likeness (QED) is 0.668. The van der Waals surface area contributed by atoms with Crippen molar-refractivity contribution >= 4 is 29.0 Å². The number of aromatic amines is 1. The molecule has 0 atom stereocenters. The van der Waals surface area contributed by atoms with Crippen LogP contribution >= 0.6 is 11.6 Å². The molecule has 0 saturated carbocycles. The highest BCUT2D eigenvalue weighted by Gasteiger charge is 2.15. The third-order valence-corrected chi connectivity index (χ3v) is 2.91. The molecule has 0 spiro atoms. The molecule has 0 aliphatic rings. The molecule has 1 heterocycles. The van der Waals surface area contributed by atoms with Crippen LogP contribution in [0, 0.1) is 10.1 Å². The number of aromatic nitrogens is 2. The second-order valence-electron chi connectivity index (χ2n) is 4.03. The highest BCUT2D eigenvalue weighted by molar-refractivity contribution is 6.31. The molecule has 1 aromatic heterocycles. The minimum absolute atomic E-state index is 0.112. The number of rotatable bonds is 4. The van der Waals surface area contributed by atoms with E-state index in [-0.39, 0.29) is 16.3 Å². The van der Waals surface area contributed by atoms with Crippen molar-refractivity contribution in [3.05, 3.63) is 50.7 Å². The lowest BCUT2D eigenvalue weighted by molar-refractivity contribution is -0.384. The molecule has 20 heavy (non-hydrogen) atoms. The second kappa shape index (κ2) is 5.70. The van der Waals surface area contributed by atoms with Gasteiger partial charge in [0.15, 0.2) is 0 Å². The third-order valence-electron chi connectivity index (χ3n) is 2.69. The highest BCUT2D eigenvalue weighted by Crippen LogP contribution is 2.22. The fourth-order valence-corrected chi connectivity index (χ4v) is 1.91. The zero-order valence-corrected chi connectivity index (χ0v) is 11.3. The number of hydrogen-bond donors (Lipinski definition) is 2. The molecule has 2 N–H and O–H groups in total. The van der Waals surface area contributed by atoms with Gasteiger partial charge in [-0.15, -0.1) is 0 Å². The average Bonchev–Trinajstić information content (AvgIpc) is 2.85. The first-order valence-corrected chi connectivity index (χ1v) is 6.17. The molecular formula is C12H11ClN4O3. The molecule has 0 aliphatic carbocycles. The van der Waals surface area contributed by atoms with E-state index in [1.807, 2.05) is 6.92 Å². The van der Waals surface area contributed by atoms with Crippen LogP contribution < -0.4 is 5.32 Å². The van der Waals surface area contributed by atoms with Gasteiger partial charge in [0.2, 0.25) is 0 Å². The Kier molecular flexibility index (Phi) is 3.99. The van der Waals surface area contributed by atoms with E-state index < -0.39 is 10.8 Å². The van der Waals surface area contributed by atoms with E-state index in [0.29, 0.717) is 12.2 Å². The Labute approximate surface area is 119 Å². The number of anilines is 1. The molecule has 0 saturated heterocycles. The Morgan fingerprint density at radius 3 is 2.90 bits per heavy atom. The van der Waals surface area contributed by atoms with Crippen molar-refractivity contribution in [2.75, 3.05) is 5.32 Å². The first-order chi connectivity index (χ1) is 9.51. The van der Waals surface area contributed by atoms with Crippen molar-refractivity contribution in [1.82, 2.24) is 10.2 Å². The molecule has 2 rings (SSSR count). The molecule has 104 valence electrons. The molecule has 8 heteroatoms. The van der Waals surface area contributed by atoms with Crippen LogP contribution in [0.3, 0.4) is 0 Å². The lowest BCUT2D eigenvalue weighted by Gasteiger charge is -2.05. The van der Waals surface area contributed by atoms with Crippen molar-refractivity contribution in [1.29, 1.82) is 0 Å². The zero-order valence-electron chi connectivity index (χ0n) is 10.5. The van der Waals surface area contributed by atoms with Gasteiger partial charge < -0.3 is 5.32 Å². The minimum Gasteiger partial charge on any atom is -0.307 e. The Bertz CT molecular complexity index is 668. The van der Waals surface area contributed by atoms with Gasteiger partial charge in [0, 0.05) is 28.3 Å². The van der Waals surface area contributed by atoms with Crippen molar-refractivity contribution in [3.63, 3.8) is 0 Å². The number of benzene rings is 1. The van der Waals surface area contributed by atoms with Crippen molar-refractivity contribution < 1.29 is 9.72 Å². The van der Waals surface area contributed by atoms with Crippen LogP contribution in [0.25, 0.3) is 0 Å². The van der Waals surface area contributed by atoms with Crippen LogP contribution in [0.5, 0.6) is 0 Å². The van der Waals surface area contributed by atoms with Crippen molar-refractivity contribution in [2.24, 2.45) is 0 Å². The number of nitro groups is 1. The number of nitrogens with one attached hydrogen (secondary N) is 2. The number of carbonyl (C=O) groups excluding carboxylic acids is 1. The minimum atomic E-state index is -0.601. The molecule has 0 fully saturated rings. The molecular weight excluding hydrogens is 284 g/mol. The lowest BCUT2D eigenvalue weighted by atomic mass is 10.2. The third kappa shape index (κ3) is 2.94. The summed E-state index contributed by atoms with van der Waals surface area (Å²) < 4.78 is 0. The van der Waals surface area contributed by atoms with E-state index in [9.17, 15) is 14.9 Å². The summed E-state index contributed by atoms with van der Waals surface area (Å²) >= 11 is 5.77. The molecule has 7 nitrogen and oxygen atoms in total. The number of nitrogens with zero attached hydrogens (tertiary/aromatic N) is 2. The molecule has 0 radical (unpaired) electrons. The van der Waals surface area contributed by atoms with Gasteiger partial charge in [-0.25, -0.2) is 0 Å². The van der Waals surface area contributed by atoms with Crippen LogP contribution in [0.15, 0.2) is 24.4 Å². The summed E-state index contributed by atoms with van der Waals surface area (Å²) in [6, 6.07) is 3.72. The standard InChI is InChI=1S/C12H11ClN4O3/c1-2-7-6-14-16-11(7)15-12(18)8-3-9(13)5-10(4-8)17(19)20/h3-6H,2H2,1H3,(H2,14,15,16,18). The SMILES string of the molecule is CCc1cn[nH]c1NC(=O)c1cc(Cl)cc([N+](=O)[O-])c1. The summed E-state index contributed by atoms with van der Waals surface area (Å²) in [5.74, 6) is -0.0188. The van der Waals surface area contributed by atoms with Gasteiger partial charge in [0.25, 0.3) is 11.6 Å². The van der Waals surface area contributed by atoms with Crippen LogP contribution in [-0.2, 0) is 6.42 Å². The van der Waals surface area contributed by atoms with Gasteiger partial charge in [-0.2, -0.15) is 5.10 Å². The van der Waals surface area contributed by atoms with E-state index in [1.165, 1.54) is 18.2 Å². The number of nitro benzene ring substituents is 1. The lowest BCUT2D eigenvalue weighted by Crippen LogP contribution is -2.13. The van der Waals surface area contributed by atoms with E-state index in [2.05, 4.69) is 15.5 Å². The van der Waals surface area contributed by atoms with E-state index in [4.69, 9.17) is 11.6 Å². The normalized spacial score (nSPS) is 10.3. The number of amides is 1. The Morgan fingerprint density at radius 2 is 2.25 bits per heavy atom. The molecule has 1 amide bonds. The Balaban J connectivity index is 2.27. The van der Waals surface area contributed by atoms with Crippen LogP contribution in [-0.4, -0.2) is 21.0 Å². The van der Waals surface area contributed by atoms with Crippen molar-refractivity contribution in [2.45, 2.75) is 13.3 Å². The number of hydrogen-bond acceptors (Lipinski definition) is 4. The second-order valence-corrected chi connectivity index (χ2v) is 4.47. The van der Waals surface area contributed by atoms with Crippen LogP contribution in [0.4, 0.5) is 11.5 Å². The van der Waals surface area contributed by atoms with E-state index in [1.54, 1.807) is 6.20 Å². The summed E-state index contributed by atoms with van der Waals surface area (Å²) in [7, 11) is 0. The summed E-state index contributed by atoms with van der Waals surface area (Å²) in [5.41, 5.74) is 0.721. The van der Waals surface area contributed by atoms with Crippen LogP contribution in [0.2, 0.25) is 5.02 Å². The summed E-state index contributed by atoms with van der Waals surface area (Å²) in [6.07, 6.45) is 2.30. The van der Waals surface area contributed by atoms with Gasteiger partial charge in [-0.1, -0.05) is 18.5 Å². The topological polar surface area (TPSA) is 101 Å². The van der Waals surface area contributed by atoms with Gasteiger partial charge in [-0.3, -0.25) is 20.0 Å².